The Balaban J connectivity index is 1.97. The molecule has 5 heteroatoms. The predicted octanol–water partition coefficient (Wildman–Crippen LogP) is 4.56. The number of nitrogens with one attached hydrogen (secondary N) is 2. The van der Waals surface area contributed by atoms with Crippen LogP contribution in [0.1, 0.15) is 36.3 Å². The van der Waals surface area contributed by atoms with Crippen molar-refractivity contribution in [2.24, 2.45) is 5.92 Å². The fourth-order valence-corrected chi connectivity index (χ4v) is 2.32. The first-order chi connectivity index (χ1) is 11.0. The minimum absolute atomic E-state index is 0.139. The van der Waals surface area contributed by atoms with Gasteiger partial charge in [0.15, 0.2) is 0 Å². The molecule has 0 fully saturated rings. The molecule has 0 aliphatic heterocycles. The minimum Gasteiger partial charge on any atom is -0.354 e. The van der Waals surface area contributed by atoms with E-state index < -0.39 is 0 Å². The number of hydrogen-bond donors (Lipinski definition) is 2. The number of amides is 1. The number of pyridine rings is 1. The number of benzene rings is 1. The summed E-state index contributed by atoms with van der Waals surface area (Å²) in [5.74, 6) is 0.428. The van der Waals surface area contributed by atoms with Crippen molar-refractivity contribution in [2.75, 3.05) is 11.9 Å². The molecule has 0 bridgehead atoms. The molecule has 1 amide bonds. The van der Waals surface area contributed by atoms with E-state index in [1.807, 2.05) is 31.2 Å². The van der Waals surface area contributed by atoms with E-state index in [1.165, 1.54) is 0 Å². The highest BCUT2D eigenvalue weighted by molar-refractivity contribution is 6.30. The van der Waals surface area contributed by atoms with Gasteiger partial charge in [-0.25, -0.2) is 4.98 Å². The summed E-state index contributed by atoms with van der Waals surface area (Å²) in [5.41, 5.74) is 3.26. The number of hydrogen-bond acceptors (Lipinski definition) is 3. The molecule has 0 radical (unpaired) electrons. The van der Waals surface area contributed by atoms with Gasteiger partial charge in [0.25, 0.3) is 5.91 Å². The molecule has 0 aliphatic carbocycles. The Bertz CT molecular complexity index is 668. The van der Waals surface area contributed by atoms with Gasteiger partial charge in [-0.1, -0.05) is 25.4 Å². The third kappa shape index (κ3) is 5.25. The lowest BCUT2D eigenvalue weighted by molar-refractivity contribution is 0.0947. The van der Waals surface area contributed by atoms with E-state index in [0.29, 0.717) is 23.2 Å². The van der Waals surface area contributed by atoms with E-state index in [2.05, 4.69) is 29.5 Å². The SMILES string of the molecule is Cc1cc(Cl)ccc1Nc1ccc(C(=O)NCCC(C)C)nc1. The molecule has 4 nitrogen and oxygen atoms in total. The first-order valence-corrected chi connectivity index (χ1v) is 8.11. The topological polar surface area (TPSA) is 54.0 Å². The van der Waals surface area contributed by atoms with Crippen LogP contribution in [0.2, 0.25) is 5.02 Å². The van der Waals surface area contributed by atoms with Crippen molar-refractivity contribution in [3.8, 4) is 0 Å². The van der Waals surface area contributed by atoms with Gasteiger partial charge < -0.3 is 10.6 Å². The van der Waals surface area contributed by atoms with Gasteiger partial charge in [0.2, 0.25) is 0 Å². The maximum absolute atomic E-state index is 12.0. The smallest absolute Gasteiger partial charge is 0.269 e. The number of carbonyl (C=O) groups excluding carboxylic acids is 1. The number of aryl methyl sites for hydroxylation is 1. The highest BCUT2D eigenvalue weighted by Gasteiger charge is 2.07. The van der Waals surface area contributed by atoms with Crippen LogP contribution in [0.5, 0.6) is 0 Å². The van der Waals surface area contributed by atoms with Crippen LogP contribution < -0.4 is 10.6 Å². The number of halogens is 1. The van der Waals surface area contributed by atoms with Gasteiger partial charge >= 0.3 is 0 Å². The van der Waals surface area contributed by atoms with Crippen LogP contribution in [0.25, 0.3) is 0 Å². The lowest BCUT2D eigenvalue weighted by Gasteiger charge is -2.10. The van der Waals surface area contributed by atoms with Gasteiger partial charge in [-0.15, -0.1) is 0 Å². The largest absolute Gasteiger partial charge is 0.354 e. The molecule has 0 aliphatic rings. The molecular formula is C18H22ClN3O. The van der Waals surface area contributed by atoms with E-state index in [0.717, 1.165) is 23.4 Å². The Hall–Kier alpha value is -2.07. The molecule has 0 atom stereocenters. The standard InChI is InChI=1S/C18H22ClN3O/c1-12(2)8-9-20-18(23)17-7-5-15(11-21-17)22-16-6-4-14(19)10-13(16)3/h4-7,10-12,22H,8-9H2,1-3H3,(H,20,23). The fourth-order valence-electron chi connectivity index (χ4n) is 2.09. The van der Waals surface area contributed by atoms with Gasteiger partial charge in [-0.3, -0.25) is 4.79 Å². The monoisotopic (exact) mass is 331 g/mol. The summed E-state index contributed by atoms with van der Waals surface area (Å²) in [4.78, 5) is 16.2. The molecule has 0 saturated heterocycles. The first-order valence-electron chi connectivity index (χ1n) is 7.73. The highest BCUT2D eigenvalue weighted by Crippen LogP contribution is 2.23. The Morgan fingerprint density at radius 3 is 2.65 bits per heavy atom. The third-order valence-corrected chi connectivity index (χ3v) is 3.71. The lowest BCUT2D eigenvalue weighted by atomic mass is 10.1. The maximum atomic E-state index is 12.0. The lowest BCUT2D eigenvalue weighted by Crippen LogP contribution is -2.26. The van der Waals surface area contributed by atoms with E-state index in [1.54, 1.807) is 12.3 Å². The molecule has 0 unspecified atom stereocenters. The van der Waals surface area contributed by atoms with Gasteiger partial charge in [0.05, 0.1) is 11.9 Å². The fraction of sp³-hybridized carbons (Fsp3) is 0.333. The van der Waals surface area contributed by atoms with Crippen molar-refractivity contribution >= 4 is 28.9 Å². The van der Waals surface area contributed by atoms with Crippen molar-refractivity contribution in [1.29, 1.82) is 0 Å². The number of rotatable bonds is 6. The molecule has 0 spiro atoms. The van der Waals surface area contributed by atoms with Crippen LogP contribution in [0.4, 0.5) is 11.4 Å². The Kier molecular flexibility index (Phi) is 5.99. The molecule has 1 aromatic heterocycles. The molecule has 1 aromatic carbocycles. The third-order valence-electron chi connectivity index (χ3n) is 3.47. The summed E-state index contributed by atoms with van der Waals surface area (Å²) in [5, 5.41) is 6.86. The molecular weight excluding hydrogens is 310 g/mol. The Morgan fingerprint density at radius 1 is 1.26 bits per heavy atom. The predicted molar refractivity (Wildman–Crippen MR) is 95.5 cm³/mol. The van der Waals surface area contributed by atoms with Crippen molar-refractivity contribution in [3.05, 3.63) is 52.8 Å². The zero-order valence-corrected chi connectivity index (χ0v) is 14.4. The van der Waals surface area contributed by atoms with Gasteiger partial charge in [-0.2, -0.15) is 0 Å². The Morgan fingerprint density at radius 2 is 2.04 bits per heavy atom. The van der Waals surface area contributed by atoms with Crippen molar-refractivity contribution in [3.63, 3.8) is 0 Å². The molecule has 23 heavy (non-hydrogen) atoms. The summed E-state index contributed by atoms with van der Waals surface area (Å²) in [6.45, 7) is 6.91. The van der Waals surface area contributed by atoms with E-state index in [4.69, 9.17) is 11.6 Å². The maximum Gasteiger partial charge on any atom is 0.269 e. The zero-order valence-electron chi connectivity index (χ0n) is 13.7. The highest BCUT2D eigenvalue weighted by atomic mass is 35.5. The molecule has 2 rings (SSSR count). The van der Waals surface area contributed by atoms with Crippen molar-refractivity contribution in [1.82, 2.24) is 10.3 Å². The van der Waals surface area contributed by atoms with Crippen molar-refractivity contribution in [2.45, 2.75) is 27.2 Å². The van der Waals surface area contributed by atoms with Gasteiger partial charge in [-0.05, 0) is 55.2 Å². The van der Waals surface area contributed by atoms with E-state index in [9.17, 15) is 4.79 Å². The number of anilines is 2. The second-order valence-electron chi connectivity index (χ2n) is 5.95. The van der Waals surface area contributed by atoms with Gasteiger partial charge in [0.1, 0.15) is 5.69 Å². The van der Waals surface area contributed by atoms with E-state index >= 15 is 0 Å². The van der Waals surface area contributed by atoms with E-state index in [-0.39, 0.29) is 5.91 Å². The van der Waals surface area contributed by atoms with Gasteiger partial charge in [0, 0.05) is 17.3 Å². The summed E-state index contributed by atoms with van der Waals surface area (Å²) in [6, 6.07) is 9.22. The number of aromatic nitrogens is 1. The summed E-state index contributed by atoms with van der Waals surface area (Å²) >= 11 is 5.95. The molecule has 2 N–H and O–H groups in total. The van der Waals surface area contributed by atoms with Crippen molar-refractivity contribution < 1.29 is 4.79 Å². The first kappa shape index (κ1) is 17.3. The van der Waals surface area contributed by atoms with Crippen LogP contribution in [0.15, 0.2) is 36.5 Å². The second-order valence-corrected chi connectivity index (χ2v) is 6.39. The summed E-state index contributed by atoms with van der Waals surface area (Å²) in [7, 11) is 0. The normalized spacial score (nSPS) is 10.7. The number of carbonyl (C=O) groups is 1. The van der Waals surface area contributed by atoms with Crippen LogP contribution in [-0.2, 0) is 0 Å². The van der Waals surface area contributed by atoms with Crippen LogP contribution in [-0.4, -0.2) is 17.4 Å². The molecule has 1 heterocycles. The Labute approximate surface area is 142 Å². The minimum atomic E-state index is -0.139. The molecule has 0 saturated carbocycles. The number of nitrogens with zero attached hydrogens (tertiary/aromatic N) is 1. The summed E-state index contributed by atoms with van der Waals surface area (Å²) < 4.78 is 0. The summed E-state index contributed by atoms with van der Waals surface area (Å²) in [6.07, 6.45) is 2.62. The zero-order chi connectivity index (χ0) is 16.8. The second kappa shape index (κ2) is 7.97. The molecule has 122 valence electrons. The van der Waals surface area contributed by atoms with Crippen LogP contribution in [0, 0.1) is 12.8 Å². The van der Waals surface area contributed by atoms with Crippen LogP contribution in [0.3, 0.4) is 0 Å². The molecule has 2 aromatic rings. The quantitative estimate of drug-likeness (QED) is 0.815. The average molecular weight is 332 g/mol. The average Bonchev–Trinajstić information content (AvgIpc) is 2.50. The van der Waals surface area contributed by atoms with Crippen LogP contribution >= 0.6 is 11.6 Å².